The van der Waals surface area contributed by atoms with Crippen LogP contribution in [0.4, 0.5) is 0 Å². The highest BCUT2D eigenvalue weighted by Crippen LogP contribution is 2.28. The summed E-state index contributed by atoms with van der Waals surface area (Å²) in [4.78, 5) is 0.678. The van der Waals surface area contributed by atoms with Gasteiger partial charge in [-0.3, -0.25) is 0 Å². The van der Waals surface area contributed by atoms with Crippen molar-refractivity contribution in [1.82, 2.24) is 5.10 Å². The van der Waals surface area contributed by atoms with Crippen LogP contribution in [0.3, 0.4) is 0 Å². The summed E-state index contributed by atoms with van der Waals surface area (Å²) in [5.74, 6) is 0. The molecule has 0 aliphatic heterocycles. The molecule has 19 heavy (non-hydrogen) atoms. The standard InChI is InChI=1S/C16H12N2O/c19-18-16(14-9-5-2-6-10-14)15(11-12-17-18)13-7-3-1-4-8-13/h1-12H. The molecule has 0 atom stereocenters. The molecular formula is C16H12N2O. The first-order valence-corrected chi connectivity index (χ1v) is 6.06. The van der Waals surface area contributed by atoms with E-state index in [1.54, 1.807) is 0 Å². The highest BCUT2D eigenvalue weighted by Gasteiger charge is 2.17. The molecule has 0 N–H and O–H groups in total. The second-order valence-electron chi connectivity index (χ2n) is 4.20. The average molecular weight is 248 g/mol. The number of nitrogens with zero attached hydrogens (tertiary/aromatic N) is 2. The molecule has 2 aromatic carbocycles. The monoisotopic (exact) mass is 248 g/mol. The maximum Gasteiger partial charge on any atom is 0.259 e. The highest BCUT2D eigenvalue weighted by molar-refractivity contribution is 5.78. The van der Waals surface area contributed by atoms with Crippen LogP contribution in [-0.2, 0) is 0 Å². The summed E-state index contributed by atoms with van der Waals surface area (Å²) in [6.07, 6.45) is 1.53. The summed E-state index contributed by atoms with van der Waals surface area (Å²) < 4.78 is 0. The van der Waals surface area contributed by atoms with Crippen molar-refractivity contribution < 1.29 is 4.85 Å². The van der Waals surface area contributed by atoms with Gasteiger partial charge in [-0.1, -0.05) is 48.5 Å². The number of rotatable bonds is 2. The zero-order chi connectivity index (χ0) is 13.1. The predicted molar refractivity (Wildman–Crippen MR) is 74.1 cm³/mol. The van der Waals surface area contributed by atoms with Crippen LogP contribution in [0, 0.1) is 5.21 Å². The third kappa shape index (κ3) is 2.18. The van der Waals surface area contributed by atoms with Gasteiger partial charge in [-0.2, -0.15) is 0 Å². The van der Waals surface area contributed by atoms with Gasteiger partial charge in [-0.25, -0.2) is 0 Å². The van der Waals surface area contributed by atoms with Gasteiger partial charge in [0.05, 0.1) is 17.3 Å². The Bertz CT molecular complexity index is 682. The lowest BCUT2D eigenvalue weighted by Gasteiger charge is -2.07. The fourth-order valence-corrected chi connectivity index (χ4v) is 2.12. The average Bonchev–Trinajstić information content (AvgIpc) is 2.49. The Kier molecular flexibility index (Phi) is 2.94. The molecule has 0 fully saturated rings. The van der Waals surface area contributed by atoms with Crippen molar-refractivity contribution in [1.29, 1.82) is 0 Å². The minimum Gasteiger partial charge on any atom is -0.594 e. The second-order valence-corrected chi connectivity index (χ2v) is 4.20. The molecule has 92 valence electrons. The quantitative estimate of drug-likeness (QED) is 0.516. The van der Waals surface area contributed by atoms with Gasteiger partial charge in [0, 0.05) is 5.10 Å². The smallest absolute Gasteiger partial charge is 0.259 e. The van der Waals surface area contributed by atoms with Crippen molar-refractivity contribution in [3.8, 4) is 22.4 Å². The van der Waals surface area contributed by atoms with E-state index in [4.69, 9.17) is 0 Å². The molecule has 3 nitrogen and oxygen atoms in total. The van der Waals surface area contributed by atoms with Gasteiger partial charge in [0.15, 0.2) is 0 Å². The van der Waals surface area contributed by atoms with Gasteiger partial charge < -0.3 is 5.21 Å². The van der Waals surface area contributed by atoms with E-state index in [2.05, 4.69) is 5.10 Å². The lowest BCUT2D eigenvalue weighted by Crippen LogP contribution is -2.34. The fraction of sp³-hybridized carbons (Fsp3) is 0. The largest absolute Gasteiger partial charge is 0.594 e. The molecule has 1 heterocycles. The molecular weight excluding hydrogens is 236 g/mol. The number of hydrogen-bond acceptors (Lipinski definition) is 2. The SMILES string of the molecule is [O-][n+]1nccc(-c2ccccc2)c1-c1ccccc1. The van der Waals surface area contributed by atoms with E-state index in [0.29, 0.717) is 10.5 Å². The minimum atomic E-state index is 0.578. The molecule has 3 aromatic rings. The first-order valence-electron chi connectivity index (χ1n) is 6.06. The Hall–Kier alpha value is -2.68. The molecule has 3 heteroatoms. The van der Waals surface area contributed by atoms with Crippen molar-refractivity contribution in [3.63, 3.8) is 0 Å². The number of aromatic nitrogens is 2. The molecule has 0 aliphatic rings. The highest BCUT2D eigenvalue weighted by atomic mass is 16.5. The van der Waals surface area contributed by atoms with Crippen molar-refractivity contribution >= 4 is 0 Å². The molecule has 0 aliphatic carbocycles. The maximum absolute atomic E-state index is 12.0. The van der Waals surface area contributed by atoms with Crippen LogP contribution in [0.2, 0.25) is 0 Å². The van der Waals surface area contributed by atoms with Crippen LogP contribution in [0.5, 0.6) is 0 Å². The molecule has 0 amide bonds. The summed E-state index contributed by atoms with van der Waals surface area (Å²) in [6.45, 7) is 0. The number of benzene rings is 2. The van der Waals surface area contributed by atoms with E-state index in [-0.39, 0.29) is 0 Å². The Morgan fingerprint density at radius 2 is 1.32 bits per heavy atom. The topological polar surface area (TPSA) is 39.8 Å². The summed E-state index contributed by atoms with van der Waals surface area (Å²) in [5, 5.41) is 15.8. The van der Waals surface area contributed by atoms with E-state index in [9.17, 15) is 5.21 Å². The molecule has 0 saturated carbocycles. The molecule has 3 rings (SSSR count). The third-order valence-corrected chi connectivity index (χ3v) is 2.99. The Morgan fingerprint density at radius 1 is 0.737 bits per heavy atom. The first kappa shape index (κ1) is 11.4. The van der Waals surface area contributed by atoms with Crippen LogP contribution in [-0.4, -0.2) is 5.10 Å². The Labute approximate surface area is 111 Å². The predicted octanol–water partition coefficient (Wildman–Crippen LogP) is 3.05. The van der Waals surface area contributed by atoms with Gasteiger partial charge in [0.2, 0.25) is 0 Å². The zero-order valence-electron chi connectivity index (χ0n) is 10.2. The molecule has 0 saturated heterocycles. The molecule has 0 spiro atoms. The van der Waals surface area contributed by atoms with Gasteiger partial charge in [-0.15, -0.1) is 0 Å². The van der Waals surface area contributed by atoms with Gasteiger partial charge in [0.25, 0.3) is 5.69 Å². The van der Waals surface area contributed by atoms with E-state index in [1.165, 1.54) is 6.20 Å². The normalized spacial score (nSPS) is 10.3. The lowest BCUT2D eigenvalue weighted by atomic mass is 10.0. The first-order chi connectivity index (χ1) is 9.36. The van der Waals surface area contributed by atoms with Crippen LogP contribution < -0.4 is 4.85 Å². The summed E-state index contributed by atoms with van der Waals surface area (Å²) in [6, 6.07) is 21.3. The molecule has 0 radical (unpaired) electrons. The van der Waals surface area contributed by atoms with Gasteiger partial charge >= 0.3 is 0 Å². The molecule has 1 aromatic heterocycles. The molecule has 0 unspecified atom stereocenters. The van der Waals surface area contributed by atoms with E-state index >= 15 is 0 Å². The van der Waals surface area contributed by atoms with Crippen molar-refractivity contribution in [3.05, 3.63) is 78.1 Å². The molecule has 0 bridgehead atoms. The minimum absolute atomic E-state index is 0.578. The Balaban J connectivity index is 2.25. The van der Waals surface area contributed by atoms with Crippen LogP contribution in [0.15, 0.2) is 72.9 Å². The maximum atomic E-state index is 12.0. The second kappa shape index (κ2) is 4.90. The van der Waals surface area contributed by atoms with Gasteiger partial charge in [0.1, 0.15) is 0 Å². The summed E-state index contributed by atoms with van der Waals surface area (Å²) >= 11 is 0. The van der Waals surface area contributed by atoms with Crippen molar-refractivity contribution in [2.75, 3.05) is 0 Å². The fourth-order valence-electron chi connectivity index (χ4n) is 2.12. The Morgan fingerprint density at radius 3 is 1.95 bits per heavy atom. The van der Waals surface area contributed by atoms with E-state index in [0.717, 1.165) is 16.7 Å². The number of hydrogen-bond donors (Lipinski definition) is 0. The van der Waals surface area contributed by atoms with E-state index < -0.39 is 0 Å². The van der Waals surface area contributed by atoms with Gasteiger partial charge in [-0.05, 0) is 28.6 Å². The summed E-state index contributed by atoms with van der Waals surface area (Å²) in [7, 11) is 0. The zero-order valence-corrected chi connectivity index (χ0v) is 10.2. The third-order valence-electron chi connectivity index (χ3n) is 2.99. The van der Waals surface area contributed by atoms with Crippen LogP contribution in [0.25, 0.3) is 22.4 Å². The van der Waals surface area contributed by atoms with E-state index in [1.807, 2.05) is 66.7 Å². The van der Waals surface area contributed by atoms with Crippen molar-refractivity contribution in [2.45, 2.75) is 0 Å². The summed E-state index contributed by atoms with van der Waals surface area (Å²) in [5.41, 5.74) is 3.34. The lowest BCUT2D eigenvalue weighted by molar-refractivity contribution is -0.657. The van der Waals surface area contributed by atoms with Crippen LogP contribution >= 0.6 is 0 Å². The van der Waals surface area contributed by atoms with Crippen LogP contribution in [0.1, 0.15) is 0 Å². The van der Waals surface area contributed by atoms with Crippen molar-refractivity contribution in [2.24, 2.45) is 0 Å².